The molecule has 2 aromatic rings. The lowest BCUT2D eigenvalue weighted by atomic mass is 10.1. The minimum absolute atomic E-state index is 0.262. The summed E-state index contributed by atoms with van der Waals surface area (Å²) in [5.74, 6) is 0.0220. The summed E-state index contributed by atoms with van der Waals surface area (Å²) in [4.78, 5) is 14.7. The summed E-state index contributed by atoms with van der Waals surface area (Å²) in [6.07, 6.45) is -4.54. The van der Waals surface area contributed by atoms with Crippen molar-refractivity contribution < 1.29 is 22.7 Å². The minimum Gasteiger partial charge on any atom is -0.497 e. The van der Waals surface area contributed by atoms with E-state index in [1.807, 2.05) is 0 Å². The number of fused-ring (bicyclic) bond motifs is 1. The van der Waals surface area contributed by atoms with Gasteiger partial charge >= 0.3 is 6.18 Å². The number of hydrogen-bond acceptors (Lipinski definition) is 2. The summed E-state index contributed by atoms with van der Waals surface area (Å²) in [6.45, 7) is 0. The van der Waals surface area contributed by atoms with E-state index in [-0.39, 0.29) is 5.56 Å². The number of nitrogens with one attached hydrogen (secondary N) is 1. The summed E-state index contributed by atoms with van der Waals surface area (Å²) < 4.78 is 41.4. The Morgan fingerprint density at radius 1 is 1.37 bits per heavy atom. The van der Waals surface area contributed by atoms with Gasteiger partial charge in [-0.3, -0.25) is 4.79 Å². The van der Waals surface area contributed by atoms with Gasteiger partial charge in [-0.25, -0.2) is 0 Å². The molecule has 0 saturated heterocycles. The predicted octanol–water partition coefficient (Wildman–Crippen LogP) is 3.70. The second-order valence-electron chi connectivity index (χ2n) is 4.15. The second kappa shape index (κ2) is 4.95. The lowest BCUT2D eigenvalue weighted by molar-refractivity contribution is -0.133. The van der Waals surface area contributed by atoms with Gasteiger partial charge in [0.05, 0.1) is 13.5 Å². The highest BCUT2D eigenvalue weighted by molar-refractivity contribution is 6.08. The zero-order valence-electron chi connectivity index (χ0n) is 10.2. The van der Waals surface area contributed by atoms with Crippen LogP contribution >= 0.6 is 0 Å². The van der Waals surface area contributed by atoms with Crippen LogP contribution in [-0.4, -0.2) is 24.1 Å². The van der Waals surface area contributed by atoms with Crippen LogP contribution < -0.4 is 4.74 Å². The molecule has 0 fully saturated rings. The number of aromatic nitrogens is 1. The summed E-state index contributed by atoms with van der Waals surface area (Å²) >= 11 is 0. The number of benzene rings is 1. The van der Waals surface area contributed by atoms with E-state index in [4.69, 9.17) is 4.74 Å². The van der Waals surface area contributed by atoms with Crippen LogP contribution in [0.3, 0.4) is 0 Å². The van der Waals surface area contributed by atoms with Crippen LogP contribution in [0.2, 0.25) is 0 Å². The van der Waals surface area contributed by atoms with Gasteiger partial charge < -0.3 is 9.72 Å². The fraction of sp³-hybridized carbons (Fsp3) is 0.308. The number of ketones is 1. The van der Waals surface area contributed by atoms with E-state index in [2.05, 4.69) is 4.98 Å². The molecule has 0 atom stereocenters. The molecule has 3 nitrogen and oxygen atoms in total. The van der Waals surface area contributed by atoms with Crippen molar-refractivity contribution >= 4 is 16.7 Å². The highest BCUT2D eigenvalue weighted by Gasteiger charge is 2.28. The number of H-pyrrole nitrogens is 1. The quantitative estimate of drug-likeness (QED) is 0.861. The number of ether oxygens (including phenoxy) is 1. The van der Waals surface area contributed by atoms with E-state index >= 15 is 0 Å². The van der Waals surface area contributed by atoms with Crippen molar-refractivity contribution in [2.45, 2.75) is 19.0 Å². The first-order valence-electron chi connectivity index (χ1n) is 5.66. The van der Waals surface area contributed by atoms with Gasteiger partial charge in [-0.1, -0.05) is 0 Å². The first-order chi connectivity index (χ1) is 8.90. The number of aromatic amines is 1. The molecule has 1 heterocycles. The van der Waals surface area contributed by atoms with Crippen molar-refractivity contribution in [3.8, 4) is 5.75 Å². The molecule has 0 unspecified atom stereocenters. The van der Waals surface area contributed by atoms with E-state index in [1.165, 1.54) is 13.3 Å². The van der Waals surface area contributed by atoms with Crippen molar-refractivity contribution in [3.63, 3.8) is 0 Å². The Kier molecular flexibility index (Phi) is 3.50. The molecule has 1 aromatic carbocycles. The molecule has 0 aliphatic rings. The minimum atomic E-state index is -4.32. The fourth-order valence-corrected chi connectivity index (χ4v) is 1.85. The van der Waals surface area contributed by atoms with Gasteiger partial charge in [0.1, 0.15) is 5.75 Å². The molecule has 2 rings (SSSR count). The molecule has 19 heavy (non-hydrogen) atoms. The van der Waals surface area contributed by atoms with Crippen LogP contribution in [0.1, 0.15) is 23.2 Å². The van der Waals surface area contributed by atoms with Gasteiger partial charge in [-0.2, -0.15) is 13.2 Å². The van der Waals surface area contributed by atoms with Gasteiger partial charge in [0.2, 0.25) is 0 Å². The SMILES string of the molecule is COc1ccc2[nH]cc(C(=O)CCC(F)(F)F)c2c1. The number of methoxy groups -OCH3 is 1. The number of Topliss-reactive ketones (excluding diaryl/α,β-unsaturated/α-hetero) is 1. The zero-order valence-corrected chi connectivity index (χ0v) is 10.2. The predicted molar refractivity (Wildman–Crippen MR) is 64.5 cm³/mol. The van der Waals surface area contributed by atoms with E-state index in [1.54, 1.807) is 18.2 Å². The average molecular weight is 271 g/mol. The number of halogens is 3. The molecule has 0 radical (unpaired) electrons. The topological polar surface area (TPSA) is 42.1 Å². The Balaban J connectivity index is 2.27. The van der Waals surface area contributed by atoms with E-state index in [9.17, 15) is 18.0 Å². The number of carbonyl (C=O) groups is 1. The maximum atomic E-state index is 12.1. The largest absolute Gasteiger partial charge is 0.497 e. The van der Waals surface area contributed by atoms with Gasteiger partial charge in [0.15, 0.2) is 5.78 Å². The first-order valence-corrected chi connectivity index (χ1v) is 5.66. The molecule has 0 saturated carbocycles. The Morgan fingerprint density at radius 2 is 2.11 bits per heavy atom. The van der Waals surface area contributed by atoms with Crippen molar-refractivity contribution in [3.05, 3.63) is 30.0 Å². The van der Waals surface area contributed by atoms with Crippen LogP contribution in [0.15, 0.2) is 24.4 Å². The molecule has 0 spiro atoms. The molecule has 0 aliphatic carbocycles. The van der Waals surface area contributed by atoms with Crippen LogP contribution in [0.4, 0.5) is 13.2 Å². The summed E-state index contributed by atoms with van der Waals surface area (Å²) in [7, 11) is 1.49. The zero-order chi connectivity index (χ0) is 14.0. The molecule has 1 N–H and O–H groups in total. The summed E-state index contributed by atoms with van der Waals surface area (Å²) in [5, 5.41) is 0.575. The van der Waals surface area contributed by atoms with Gasteiger partial charge in [0.25, 0.3) is 0 Å². The van der Waals surface area contributed by atoms with Crippen molar-refractivity contribution in [2.24, 2.45) is 0 Å². The van der Waals surface area contributed by atoms with Crippen LogP contribution in [0, 0.1) is 0 Å². The normalized spacial score (nSPS) is 11.8. The first kappa shape index (κ1) is 13.5. The highest BCUT2D eigenvalue weighted by atomic mass is 19.4. The third-order valence-electron chi connectivity index (χ3n) is 2.82. The number of alkyl halides is 3. The van der Waals surface area contributed by atoms with E-state index < -0.39 is 24.8 Å². The lowest BCUT2D eigenvalue weighted by Gasteiger charge is -2.05. The lowest BCUT2D eigenvalue weighted by Crippen LogP contribution is -2.10. The Morgan fingerprint density at radius 3 is 2.74 bits per heavy atom. The van der Waals surface area contributed by atoms with Crippen LogP contribution in [0.25, 0.3) is 10.9 Å². The van der Waals surface area contributed by atoms with Crippen molar-refractivity contribution in [1.82, 2.24) is 4.98 Å². The van der Waals surface area contributed by atoms with Crippen molar-refractivity contribution in [1.29, 1.82) is 0 Å². The van der Waals surface area contributed by atoms with E-state index in [0.717, 1.165) is 0 Å². The number of hydrogen-bond donors (Lipinski definition) is 1. The number of carbonyl (C=O) groups excluding carboxylic acids is 1. The van der Waals surface area contributed by atoms with Crippen LogP contribution in [-0.2, 0) is 0 Å². The van der Waals surface area contributed by atoms with Crippen molar-refractivity contribution in [2.75, 3.05) is 7.11 Å². The molecule has 0 amide bonds. The number of rotatable bonds is 4. The average Bonchev–Trinajstić information content (AvgIpc) is 2.77. The fourth-order valence-electron chi connectivity index (χ4n) is 1.85. The highest BCUT2D eigenvalue weighted by Crippen LogP contribution is 2.27. The Bertz CT molecular complexity index is 601. The molecule has 6 heteroatoms. The summed E-state index contributed by atoms with van der Waals surface area (Å²) in [5.41, 5.74) is 0.953. The molecular weight excluding hydrogens is 259 g/mol. The molecule has 0 aliphatic heterocycles. The molecule has 1 aromatic heterocycles. The standard InChI is InChI=1S/C13H12F3NO2/c1-19-8-2-3-11-9(6-8)10(7-17-11)12(18)4-5-13(14,15)16/h2-3,6-7,17H,4-5H2,1H3. The molecular formula is C13H12F3NO2. The maximum Gasteiger partial charge on any atom is 0.389 e. The van der Waals surface area contributed by atoms with Gasteiger partial charge in [-0.15, -0.1) is 0 Å². The van der Waals surface area contributed by atoms with Crippen LogP contribution in [0.5, 0.6) is 5.75 Å². The van der Waals surface area contributed by atoms with E-state index in [0.29, 0.717) is 16.7 Å². The third kappa shape index (κ3) is 3.07. The van der Waals surface area contributed by atoms with Gasteiger partial charge in [0, 0.05) is 29.1 Å². The van der Waals surface area contributed by atoms with Gasteiger partial charge in [-0.05, 0) is 18.2 Å². The summed E-state index contributed by atoms with van der Waals surface area (Å²) in [6, 6.07) is 5.06. The Hall–Kier alpha value is -1.98. The molecule has 0 bridgehead atoms. The smallest absolute Gasteiger partial charge is 0.389 e. The molecule has 102 valence electrons. The maximum absolute atomic E-state index is 12.1. The Labute approximate surface area is 107 Å². The second-order valence-corrected chi connectivity index (χ2v) is 4.15. The third-order valence-corrected chi connectivity index (χ3v) is 2.82. The monoisotopic (exact) mass is 271 g/mol.